The summed E-state index contributed by atoms with van der Waals surface area (Å²) in [6.45, 7) is 1.57. The van der Waals surface area contributed by atoms with E-state index in [0.717, 1.165) is 45.3 Å². The summed E-state index contributed by atoms with van der Waals surface area (Å²) < 4.78 is 5.31. The maximum absolute atomic E-state index is 9.75. The Labute approximate surface area is 80.3 Å². The van der Waals surface area contributed by atoms with E-state index in [1.54, 1.807) is 0 Å². The molecule has 0 aromatic heterocycles. The lowest BCUT2D eigenvalue weighted by molar-refractivity contribution is -0.0123. The Morgan fingerprint density at radius 3 is 3.08 bits per heavy atom. The third kappa shape index (κ3) is 3.80. The van der Waals surface area contributed by atoms with Crippen molar-refractivity contribution in [2.24, 2.45) is 5.92 Å². The van der Waals surface area contributed by atoms with Crippen LogP contribution in [0.1, 0.15) is 32.1 Å². The van der Waals surface area contributed by atoms with E-state index >= 15 is 0 Å². The van der Waals surface area contributed by atoms with Gasteiger partial charge in [-0.25, -0.2) is 0 Å². The Morgan fingerprint density at radius 2 is 2.46 bits per heavy atom. The van der Waals surface area contributed by atoms with Gasteiger partial charge in [-0.3, -0.25) is 0 Å². The summed E-state index contributed by atoms with van der Waals surface area (Å²) >= 11 is 0. The average molecular weight is 182 g/mol. The number of hydrogen-bond donors (Lipinski definition) is 1. The normalized spacial score (nSPS) is 25.1. The first-order valence-electron chi connectivity index (χ1n) is 5.04. The molecule has 0 radical (unpaired) electrons. The second-order valence-electron chi connectivity index (χ2n) is 3.64. The second kappa shape index (κ2) is 6.01. The maximum Gasteiger partial charge on any atom is 0.0590 e. The average Bonchev–Trinajstić information content (AvgIpc) is 2.19. The molecule has 0 saturated carbocycles. The van der Waals surface area contributed by atoms with Gasteiger partial charge in [0.15, 0.2) is 0 Å². The van der Waals surface area contributed by atoms with E-state index in [0.29, 0.717) is 5.92 Å². The highest BCUT2D eigenvalue weighted by atomic mass is 16.5. The van der Waals surface area contributed by atoms with Gasteiger partial charge in [-0.2, -0.15) is 0 Å². The molecule has 1 aliphatic rings. The number of rotatable bonds is 4. The molecular formula is C11H18O2. The van der Waals surface area contributed by atoms with Crippen molar-refractivity contribution in [2.75, 3.05) is 13.2 Å². The maximum atomic E-state index is 9.75. The molecule has 2 atom stereocenters. The summed E-state index contributed by atoms with van der Waals surface area (Å²) in [6, 6.07) is 0. The summed E-state index contributed by atoms with van der Waals surface area (Å²) in [5.41, 5.74) is 0. The number of aliphatic hydroxyl groups is 1. The van der Waals surface area contributed by atoms with Crippen molar-refractivity contribution in [1.29, 1.82) is 0 Å². The Balaban J connectivity index is 2.14. The zero-order chi connectivity index (χ0) is 9.52. The minimum Gasteiger partial charge on any atom is -0.393 e. The molecule has 0 amide bonds. The molecule has 2 heteroatoms. The van der Waals surface area contributed by atoms with Crippen molar-refractivity contribution < 1.29 is 9.84 Å². The highest BCUT2D eigenvalue weighted by Crippen LogP contribution is 2.20. The van der Waals surface area contributed by atoms with Crippen molar-refractivity contribution in [3.63, 3.8) is 0 Å². The highest BCUT2D eigenvalue weighted by Gasteiger charge is 2.21. The van der Waals surface area contributed by atoms with Crippen LogP contribution in [-0.2, 0) is 4.74 Å². The molecule has 0 aromatic rings. The molecule has 0 aliphatic carbocycles. The van der Waals surface area contributed by atoms with Crippen LogP contribution in [0, 0.1) is 18.3 Å². The molecule has 0 spiro atoms. The van der Waals surface area contributed by atoms with Gasteiger partial charge in [-0.05, 0) is 25.7 Å². The van der Waals surface area contributed by atoms with E-state index in [1.165, 1.54) is 0 Å². The monoisotopic (exact) mass is 182 g/mol. The van der Waals surface area contributed by atoms with E-state index in [4.69, 9.17) is 11.2 Å². The van der Waals surface area contributed by atoms with Crippen LogP contribution in [0.2, 0.25) is 0 Å². The molecule has 1 N–H and O–H groups in total. The lowest BCUT2D eigenvalue weighted by Gasteiger charge is -2.26. The lowest BCUT2D eigenvalue weighted by Crippen LogP contribution is -2.28. The van der Waals surface area contributed by atoms with Crippen molar-refractivity contribution in [3.05, 3.63) is 0 Å². The van der Waals surface area contributed by atoms with Crippen LogP contribution in [0.3, 0.4) is 0 Å². The first kappa shape index (κ1) is 10.6. The fraction of sp³-hybridized carbons (Fsp3) is 0.818. The van der Waals surface area contributed by atoms with E-state index < -0.39 is 0 Å². The first-order chi connectivity index (χ1) is 6.34. The van der Waals surface area contributed by atoms with Crippen molar-refractivity contribution in [3.8, 4) is 12.3 Å². The van der Waals surface area contributed by atoms with E-state index in [1.807, 2.05) is 0 Å². The second-order valence-corrected chi connectivity index (χ2v) is 3.64. The standard InChI is InChI=1S/C11H18O2/c1-2-3-4-7-11(12)10-6-5-8-13-9-10/h1,10-12H,3-9H2. The summed E-state index contributed by atoms with van der Waals surface area (Å²) in [6.07, 6.45) is 9.61. The molecule has 1 aliphatic heterocycles. The summed E-state index contributed by atoms with van der Waals surface area (Å²) in [5, 5.41) is 9.75. The SMILES string of the molecule is C#CCCCC(O)C1CCCOC1. The van der Waals surface area contributed by atoms with Crippen molar-refractivity contribution >= 4 is 0 Å². The van der Waals surface area contributed by atoms with Crippen LogP contribution < -0.4 is 0 Å². The molecule has 2 unspecified atom stereocenters. The van der Waals surface area contributed by atoms with Gasteiger partial charge in [0, 0.05) is 18.9 Å². The third-order valence-corrected chi connectivity index (χ3v) is 2.56. The van der Waals surface area contributed by atoms with E-state index in [9.17, 15) is 5.11 Å². The molecule has 0 bridgehead atoms. The number of hydrogen-bond acceptors (Lipinski definition) is 2. The number of unbranched alkanes of at least 4 members (excludes halogenated alkanes) is 1. The van der Waals surface area contributed by atoms with Crippen LogP contribution in [0.15, 0.2) is 0 Å². The van der Waals surface area contributed by atoms with E-state index in [-0.39, 0.29) is 6.10 Å². The van der Waals surface area contributed by atoms with E-state index in [2.05, 4.69) is 5.92 Å². The fourth-order valence-electron chi connectivity index (χ4n) is 1.72. The molecule has 1 saturated heterocycles. The predicted octanol–water partition coefficient (Wildman–Crippen LogP) is 1.58. The zero-order valence-corrected chi connectivity index (χ0v) is 8.04. The molecule has 1 fully saturated rings. The number of ether oxygens (including phenoxy) is 1. The molecule has 2 nitrogen and oxygen atoms in total. The molecule has 74 valence electrons. The quantitative estimate of drug-likeness (QED) is 0.528. The van der Waals surface area contributed by atoms with Gasteiger partial charge in [0.25, 0.3) is 0 Å². The van der Waals surface area contributed by atoms with Gasteiger partial charge >= 0.3 is 0 Å². The van der Waals surface area contributed by atoms with Gasteiger partial charge < -0.3 is 9.84 Å². The zero-order valence-electron chi connectivity index (χ0n) is 8.04. The Kier molecular flexibility index (Phi) is 4.88. The van der Waals surface area contributed by atoms with Crippen molar-refractivity contribution in [1.82, 2.24) is 0 Å². The van der Waals surface area contributed by atoms with Gasteiger partial charge in [0.2, 0.25) is 0 Å². The minimum atomic E-state index is -0.214. The minimum absolute atomic E-state index is 0.214. The number of aliphatic hydroxyl groups excluding tert-OH is 1. The van der Waals surface area contributed by atoms with Crippen LogP contribution in [0.4, 0.5) is 0 Å². The summed E-state index contributed by atoms with van der Waals surface area (Å²) in [7, 11) is 0. The van der Waals surface area contributed by atoms with Gasteiger partial charge in [0.05, 0.1) is 12.7 Å². The number of terminal acetylenes is 1. The first-order valence-corrected chi connectivity index (χ1v) is 5.04. The molecule has 1 rings (SSSR count). The lowest BCUT2D eigenvalue weighted by atomic mass is 9.93. The Bertz CT molecular complexity index is 165. The van der Waals surface area contributed by atoms with Crippen LogP contribution in [0.5, 0.6) is 0 Å². The smallest absolute Gasteiger partial charge is 0.0590 e. The fourth-order valence-corrected chi connectivity index (χ4v) is 1.72. The largest absolute Gasteiger partial charge is 0.393 e. The van der Waals surface area contributed by atoms with Gasteiger partial charge in [-0.15, -0.1) is 12.3 Å². The molecule has 0 aromatic carbocycles. The Hall–Kier alpha value is -0.520. The highest BCUT2D eigenvalue weighted by molar-refractivity contribution is 4.84. The molecule has 1 heterocycles. The summed E-state index contributed by atoms with van der Waals surface area (Å²) in [4.78, 5) is 0. The van der Waals surface area contributed by atoms with Crippen LogP contribution >= 0.6 is 0 Å². The third-order valence-electron chi connectivity index (χ3n) is 2.56. The van der Waals surface area contributed by atoms with Gasteiger partial charge in [-0.1, -0.05) is 0 Å². The van der Waals surface area contributed by atoms with Crippen LogP contribution in [0.25, 0.3) is 0 Å². The topological polar surface area (TPSA) is 29.5 Å². The Morgan fingerprint density at radius 1 is 1.62 bits per heavy atom. The predicted molar refractivity (Wildman–Crippen MR) is 52.2 cm³/mol. The van der Waals surface area contributed by atoms with Crippen molar-refractivity contribution in [2.45, 2.75) is 38.2 Å². The summed E-state index contributed by atoms with van der Waals surface area (Å²) in [5.74, 6) is 2.92. The van der Waals surface area contributed by atoms with Crippen LogP contribution in [-0.4, -0.2) is 24.4 Å². The molecular weight excluding hydrogens is 164 g/mol. The molecule has 13 heavy (non-hydrogen) atoms. The van der Waals surface area contributed by atoms with Gasteiger partial charge in [0.1, 0.15) is 0 Å².